The molecule has 2 amide bonds. The first kappa shape index (κ1) is 17.9. The first-order chi connectivity index (χ1) is 11.4. The second kappa shape index (κ2) is 7.90. The van der Waals surface area contributed by atoms with E-state index < -0.39 is 0 Å². The molecule has 0 bridgehead atoms. The largest absolute Gasteiger partial charge is 0.339 e. The number of pyridine rings is 1. The Bertz CT molecular complexity index is 666. The van der Waals surface area contributed by atoms with Gasteiger partial charge >= 0.3 is 6.03 Å². The molecule has 130 valence electrons. The average molecular weight is 331 g/mol. The van der Waals surface area contributed by atoms with Crippen LogP contribution in [0.5, 0.6) is 0 Å². The topological polar surface area (TPSA) is 84.2 Å². The number of aromatic nitrogens is 3. The van der Waals surface area contributed by atoms with E-state index in [4.69, 9.17) is 4.52 Å². The van der Waals surface area contributed by atoms with Gasteiger partial charge in [0.25, 0.3) is 0 Å². The van der Waals surface area contributed by atoms with E-state index in [9.17, 15) is 4.79 Å². The van der Waals surface area contributed by atoms with E-state index in [-0.39, 0.29) is 18.0 Å². The second-order valence-electron chi connectivity index (χ2n) is 6.28. The van der Waals surface area contributed by atoms with Crippen LogP contribution in [-0.2, 0) is 6.42 Å². The van der Waals surface area contributed by atoms with E-state index >= 15 is 0 Å². The van der Waals surface area contributed by atoms with Crippen molar-refractivity contribution < 1.29 is 9.32 Å². The number of rotatable bonds is 6. The molecular formula is C17H25N5O2. The molecule has 2 heterocycles. The van der Waals surface area contributed by atoms with Gasteiger partial charge in [-0.05, 0) is 25.5 Å². The molecular weight excluding hydrogens is 306 g/mol. The quantitative estimate of drug-likeness (QED) is 0.880. The van der Waals surface area contributed by atoms with Gasteiger partial charge in [-0.3, -0.25) is 4.98 Å². The molecule has 24 heavy (non-hydrogen) atoms. The zero-order chi connectivity index (χ0) is 17.7. The molecule has 2 aromatic heterocycles. The molecule has 0 saturated carbocycles. The highest BCUT2D eigenvalue weighted by molar-refractivity contribution is 5.74. The zero-order valence-electron chi connectivity index (χ0n) is 14.9. The van der Waals surface area contributed by atoms with Crippen LogP contribution in [0.3, 0.4) is 0 Å². The van der Waals surface area contributed by atoms with Crippen LogP contribution in [0.15, 0.2) is 22.9 Å². The lowest BCUT2D eigenvalue weighted by atomic mass is 10.1. The minimum atomic E-state index is -0.143. The highest BCUT2D eigenvalue weighted by Gasteiger charge is 2.15. The minimum absolute atomic E-state index is 0.106. The average Bonchev–Trinajstić information content (AvgIpc) is 3.02. The molecule has 1 N–H and O–H groups in total. The van der Waals surface area contributed by atoms with Crippen LogP contribution in [0.2, 0.25) is 0 Å². The number of aryl methyl sites for hydroxylation is 1. The summed E-state index contributed by atoms with van der Waals surface area (Å²) < 4.78 is 5.16. The smallest absolute Gasteiger partial charge is 0.317 e. The Morgan fingerprint density at radius 2 is 2.08 bits per heavy atom. The third-order valence-corrected chi connectivity index (χ3v) is 3.77. The summed E-state index contributed by atoms with van der Waals surface area (Å²) in [6.45, 7) is 8.38. The lowest BCUT2D eigenvalue weighted by molar-refractivity contribution is 0.205. The van der Waals surface area contributed by atoms with Crippen molar-refractivity contribution in [2.24, 2.45) is 0 Å². The van der Waals surface area contributed by atoms with Crippen molar-refractivity contribution in [2.45, 2.75) is 46.1 Å². The molecule has 0 aromatic carbocycles. The summed E-state index contributed by atoms with van der Waals surface area (Å²) in [5.41, 5.74) is 1.93. The molecule has 7 heteroatoms. The minimum Gasteiger partial charge on any atom is -0.339 e. The number of amides is 2. The van der Waals surface area contributed by atoms with Crippen molar-refractivity contribution in [3.63, 3.8) is 0 Å². The maximum Gasteiger partial charge on any atom is 0.317 e. The molecule has 0 saturated heterocycles. The summed E-state index contributed by atoms with van der Waals surface area (Å²) in [5.74, 6) is 1.45. The van der Waals surface area contributed by atoms with Gasteiger partial charge in [-0.25, -0.2) is 4.79 Å². The van der Waals surface area contributed by atoms with E-state index in [1.807, 2.05) is 39.8 Å². The first-order valence-electron chi connectivity index (χ1n) is 8.13. The van der Waals surface area contributed by atoms with Crippen LogP contribution in [0.4, 0.5) is 4.79 Å². The van der Waals surface area contributed by atoms with Crippen LogP contribution >= 0.6 is 0 Å². The number of carbonyl (C=O) groups is 1. The maximum atomic E-state index is 12.3. The Kier molecular flexibility index (Phi) is 5.89. The third-order valence-electron chi connectivity index (χ3n) is 3.77. The monoisotopic (exact) mass is 331 g/mol. The molecule has 2 aromatic rings. The molecule has 7 nitrogen and oxygen atoms in total. The Hall–Kier alpha value is -2.44. The highest BCUT2D eigenvalue weighted by atomic mass is 16.5. The van der Waals surface area contributed by atoms with Crippen molar-refractivity contribution in [1.29, 1.82) is 0 Å². The second-order valence-corrected chi connectivity index (χ2v) is 6.28. The van der Waals surface area contributed by atoms with Gasteiger partial charge in [0.1, 0.15) is 0 Å². The summed E-state index contributed by atoms with van der Waals surface area (Å²) in [6.07, 6.45) is 2.34. The van der Waals surface area contributed by atoms with Gasteiger partial charge in [0, 0.05) is 37.8 Å². The number of urea groups is 1. The molecule has 0 radical (unpaired) electrons. The van der Waals surface area contributed by atoms with Crippen LogP contribution in [0.25, 0.3) is 0 Å². The molecule has 0 fully saturated rings. The Morgan fingerprint density at radius 3 is 2.67 bits per heavy atom. The number of hydrogen-bond acceptors (Lipinski definition) is 5. The van der Waals surface area contributed by atoms with Crippen molar-refractivity contribution in [1.82, 2.24) is 25.3 Å². The molecule has 2 rings (SSSR count). The van der Waals surface area contributed by atoms with Gasteiger partial charge < -0.3 is 14.7 Å². The van der Waals surface area contributed by atoms with Gasteiger partial charge in [0.05, 0.1) is 6.04 Å². The fraction of sp³-hybridized carbons (Fsp3) is 0.529. The molecule has 0 aliphatic carbocycles. The summed E-state index contributed by atoms with van der Waals surface area (Å²) in [4.78, 5) is 22.4. The lowest BCUT2D eigenvalue weighted by Gasteiger charge is -2.21. The SMILES string of the molecule is Cc1ccc(C(C)NC(=O)N(C)CCc2noc(C(C)C)n2)cn1. The Morgan fingerprint density at radius 1 is 1.33 bits per heavy atom. The fourth-order valence-corrected chi connectivity index (χ4v) is 2.09. The number of nitrogens with zero attached hydrogens (tertiary/aromatic N) is 4. The van der Waals surface area contributed by atoms with Crippen LogP contribution in [-0.4, -0.2) is 39.6 Å². The van der Waals surface area contributed by atoms with Gasteiger partial charge in [0.15, 0.2) is 5.82 Å². The number of carbonyl (C=O) groups excluding carboxylic acids is 1. The van der Waals surface area contributed by atoms with Crippen molar-refractivity contribution in [2.75, 3.05) is 13.6 Å². The first-order valence-corrected chi connectivity index (χ1v) is 8.13. The van der Waals surface area contributed by atoms with Gasteiger partial charge in [0.2, 0.25) is 5.89 Å². The molecule has 1 atom stereocenters. The molecule has 0 aliphatic rings. The molecule has 0 spiro atoms. The van der Waals surface area contributed by atoms with Crippen molar-refractivity contribution >= 4 is 6.03 Å². The van der Waals surface area contributed by atoms with E-state index in [2.05, 4.69) is 20.4 Å². The van der Waals surface area contributed by atoms with Gasteiger partial charge in [-0.1, -0.05) is 25.1 Å². The number of likely N-dealkylation sites (N-methyl/N-ethyl adjacent to an activating group) is 1. The van der Waals surface area contributed by atoms with Crippen LogP contribution < -0.4 is 5.32 Å². The predicted molar refractivity (Wildman–Crippen MR) is 90.6 cm³/mol. The third kappa shape index (κ3) is 4.78. The summed E-state index contributed by atoms with van der Waals surface area (Å²) in [5, 5.41) is 6.89. The Balaban J connectivity index is 1.83. The number of nitrogens with one attached hydrogen (secondary N) is 1. The zero-order valence-corrected chi connectivity index (χ0v) is 14.9. The van der Waals surface area contributed by atoms with Crippen molar-refractivity contribution in [3.05, 3.63) is 41.3 Å². The lowest BCUT2D eigenvalue weighted by Crippen LogP contribution is -2.39. The predicted octanol–water partition coefficient (Wildman–Crippen LogP) is 2.84. The highest BCUT2D eigenvalue weighted by Crippen LogP contribution is 2.12. The summed E-state index contributed by atoms with van der Waals surface area (Å²) in [7, 11) is 1.75. The fourth-order valence-electron chi connectivity index (χ4n) is 2.09. The van der Waals surface area contributed by atoms with E-state index in [1.165, 1.54) is 0 Å². The molecule has 0 aliphatic heterocycles. The number of hydrogen-bond donors (Lipinski definition) is 1. The summed E-state index contributed by atoms with van der Waals surface area (Å²) in [6, 6.07) is 3.66. The standard InChI is InChI=1S/C17H25N5O2/c1-11(2)16-20-15(21-24-16)8-9-22(5)17(23)19-13(4)14-7-6-12(3)18-10-14/h6-7,10-11,13H,8-9H2,1-5H3,(H,19,23). The van der Waals surface area contributed by atoms with Crippen LogP contribution in [0, 0.1) is 6.92 Å². The van der Waals surface area contributed by atoms with Gasteiger partial charge in [-0.15, -0.1) is 0 Å². The Labute approximate surface area is 142 Å². The van der Waals surface area contributed by atoms with E-state index in [1.54, 1.807) is 18.1 Å². The van der Waals surface area contributed by atoms with Crippen molar-refractivity contribution in [3.8, 4) is 0 Å². The molecule has 1 unspecified atom stereocenters. The van der Waals surface area contributed by atoms with Gasteiger partial charge in [-0.2, -0.15) is 4.98 Å². The van der Waals surface area contributed by atoms with Crippen LogP contribution in [0.1, 0.15) is 55.7 Å². The summed E-state index contributed by atoms with van der Waals surface area (Å²) >= 11 is 0. The van der Waals surface area contributed by atoms with E-state index in [0.29, 0.717) is 24.7 Å². The normalized spacial score (nSPS) is 12.2. The van der Waals surface area contributed by atoms with E-state index in [0.717, 1.165) is 11.3 Å². The maximum absolute atomic E-state index is 12.3.